The summed E-state index contributed by atoms with van der Waals surface area (Å²) in [4.78, 5) is 38.0. The molecule has 1 aliphatic carbocycles. The predicted molar refractivity (Wildman–Crippen MR) is 104 cm³/mol. The van der Waals surface area contributed by atoms with Crippen molar-refractivity contribution in [1.82, 2.24) is 10.2 Å². The second-order valence-corrected chi connectivity index (χ2v) is 8.86. The van der Waals surface area contributed by atoms with Gasteiger partial charge in [0.2, 0.25) is 0 Å². The highest BCUT2D eigenvalue weighted by atomic mass is 16.6. The number of carbonyl (C=O) groups is 3. The van der Waals surface area contributed by atoms with Crippen LogP contribution >= 0.6 is 0 Å². The topological polar surface area (TPSA) is 105 Å². The van der Waals surface area contributed by atoms with Gasteiger partial charge < -0.3 is 24.8 Å². The van der Waals surface area contributed by atoms with Crippen LogP contribution in [0.15, 0.2) is 30.3 Å². The van der Waals surface area contributed by atoms with Crippen molar-refractivity contribution < 1.29 is 29.0 Å². The van der Waals surface area contributed by atoms with E-state index in [0.717, 1.165) is 5.56 Å². The van der Waals surface area contributed by atoms with Crippen LogP contribution in [0.2, 0.25) is 0 Å². The summed E-state index contributed by atoms with van der Waals surface area (Å²) in [6, 6.07) is 9.02. The van der Waals surface area contributed by atoms with Gasteiger partial charge in [0.25, 0.3) is 0 Å². The monoisotopic (exact) mass is 404 g/mol. The number of ether oxygens (including phenoxy) is 2. The first-order valence-electron chi connectivity index (χ1n) is 9.77. The molecule has 29 heavy (non-hydrogen) atoms. The number of alkyl carbamates (subject to hydrolysis) is 1. The van der Waals surface area contributed by atoms with E-state index < -0.39 is 29.2 Å². The van der Waals surface area contributed by atoms with Crippen molar-refractivity contribution in [3.63, 3.8) is 0 Å². The Kier molecular flexibility index (Phi) is 5.73. The van der Waals surface area contributed by atoms with E-state index in [1.54, 1.807) is 20.8 Å². The minimum absolute atomic E-state index is 0.0765. The number of nitrogens with one attached hydrogen (secondary N) is 1. The highest BCUT2D eigenvalue weighted by Gasteiger charge is 2.59. The van der Waals surface area contributed by atoms with Crippen LogP contribution in [-0.4, -0.2) is 52.9 Å². The number of likely N-dealkylation sites (tertiary alicyclic amines) is 1. The maximum atomic E-state index is 12.5. The Labute approximate surface area is 170 Å². The molecule has 2 N–H and O–H groups in total. The lowest BCUT2D eigenvalue weighted by Crippen LogP contribution is -2.42. The molecule has 1 aromatic carbocycles. The van der Waals surface area contributed by atoms with Crippen molar-refractivity contribution in [2.24, 2.45) is 11.3 Å². The second-order valence-electron chi connectivity index (χ2n) is 8.86. The summed E-state index contributed by atoms with van der Waals surface area (Å²) >= 11 is 0. The zero-order valence-corrected chi connectivity index (χ0v) is 17.0. The fourth-order valence-corrected chi connectivity index (χ4v) is 4.24. The Hall–Kier alpha value is -2.77. The summed E-state index contributed by atoms with van der Waals surface area (Å²) in [6.45, 7) is 5.83. The molecule has 1 saturated heterocycles. The standard InChI is InChI=1S/C21H28N2O6/c1-20(2,3)29-18(26)22-16-9-15-11-23(13-21(15,10-16)17(24)25)19(27)28-12-14-7-5-4-6-8-14/h4-8,15-16H,9-13H2,1-3H3,(H,22,26)(H,24,25)/t15-,16+,21-/m0/s1. The van der Waals surface area contributed by atoms with E-state index in [4.69, 9.17) is 9.47 Å². The molecule has 2 amide bonds. The molecule has 1 aromatic rings. The van der Waals surface area contributed by atoms with Crippen LogP contribution in [0.4, 0.5) is 9.59 Å². The first-order chi connectivity index (χ1) is 13.6. The number of nitrogens with zero attached hydrogens (tertiary/aromatic N) is 1. The van der Waals surface area contributed by atoms with Crippen LogP contribution in [0.5, 0.6) is 0 Å². The molecule has 158 valence electrons. The van der Waals surface area contributed by atoms with Gasteiger partial charge >= 0.3 is 18.2 Å². The number of amides is 2. The molecular formula is C21H28N2O6. The van der Waals surface area contributed by atoms with E-state index in [1.165, 1.54) is 4.90 Å². The maximum Gasteiger partial charge on any atom is 0.410 e. The molecule has 1 heterocycles. The normalized spacial score (nSPS) is 26.0. The zero-order chi connectivity index (χ0) is 21.2. The quantitative estimate of drug-likeness (QED) is 0.799. The molecule has 8 nitrogen and oxygen atoms in total. The average Bonchev–Trinajstić information content (AvgIpc) is 3.14. The fraction of sp³-hybridized carbons (Fsp3) is 0.571. The molecular weight excluding hydrogens is 376 g/mol. The third kappa shape index (κ3) is 4.81. The molecule has 2 fully saturated rings. The largest absolute Gasteiger partial charge is 0.481 e. The Balaban J connectivity index is 1.59. The van der Waals surface area contributed by atoms with Gasteiger partial charge in [-0.25, -0.2) is 9.59 Å². The molecule has 1 aliphatic heterocycles. The number of hydrogen-bond acceptors (Lipinski definition) is 5. The zero-order valence-electron chi connectivity index (χ0n) is 17.0. The van der Waals surface area contributed by atoms with Gasteiger partial charge in [0, 0.05) is 19.1 Å². The number of aliphatic carboxylic acids is 1. The lowest BCUT2D eigenvalue weighted by atomic mass is 9.81. The number of carboxylic acids is 1. The number of carboxylic acid groups (broad SMARTS) is 1. The van der Waals surface area contributed by atoms with Crippen molar-refractivity contribution in [1.29, 1.82) is 0 Å². The molecule has 0 spiro atoms. The van der Waals surface area contributed by atoms with E-state index >= 15 is 0 Å². The van der Waals surface area contributed by atoms with Crippen molar-refractivity contribution >= 4 is 18.2 Å². The maximum absolute atomic E-state index is 12.5. The van der Waals surface area contributed by atoms with E-state index in [1.807, 2.05) is 30.3 Å². The SMILES string of the molecule is CC(C)(C)OC(=O)N[C@@H]1C[C@H]2CN(C(=O)OCc3ccccc3)C[C@@]2(C(=O)O)C1. The fourth-order valence-electron chi connectivity index (χ4n) is 4.24. The third-order valence-electron chi connectivity index (χ3n) is 5.49. The molecule has 0 aromatic heterocycles. The highest BCUT2D eigenvalue weighted by molar-refractivity contribution is 5.79. The van der Waals surface area contributed by atoms with Crippen LogP contribution in [0.25, 0.3) is 0 Å². The summed E-state index contributed by atoms with van der Waals surface area (Å²) in [5.74, 6) is -1.20. The van der Waals surface area contributed by atoms with Gasteiger partial charge in [-0.1, -0.05) is 30.3 Å². The second kappa shape index (κ2) is 7.93. The lowest BCUT2D eigenvalue weighted by Gasteiger charge is -2.25. The molecule has 3 atom stereocenters. The Morgan fingerprint density at radius 3 is 2.52 bits per heavy atom. The van der Waals surface area contributed by atoms with E-state index in [-0.39, 0.29) is 31.5 Å². The molecule has 8 heteroatoms. The average molecular weight is 404 g/mol. The number of fused-ring (bicyclic) bond motifs is 1. The van der Waals surface area contributed by atoms with Crippen molar-refractivity contribution in [2.45, 2.75) is 51.9 Å². The van der Waals surface area contributed by atoms with Gasteiger partial charge in [0.15, 0.2) is 0 Å². The van der Waals surface area contributed by atoms with Gasteiger partial charge in [-0.05, 0) is 45.1 Å². The predicted octanol–water partition coefficient (Wildman–Crippen LogP) is 3.01. The van der Waals surface area contributed by atoms with E-state index in [0.29, 0.717) is 13.0 Å². The number of carbonyl (C=O) groups excluding carboxylic acids is 2. The highest BCUT2D eigenvalue weighted by Crippen LogP contribution is 2.49. The summed E-state index contributed by atoms with van der Waals surface area (Å²) in [6.07, 6.45) is -0.328. The van der Waals surface area contributed by atoms with Crippen molar-refractivity contribution in [3.8, 4) is 0 Å². The third-order valence-corrected chi connectivity index (χ3v) is 5.49. The minimum atomic E-state index is -1.08. The summed E-state index contributed by atoms with van der Waals surface area (Å²) < 4.78 is 10.6. The summed E-state index contributed by atoms with van der Waals surface area (Å²) in [5, 5.41) is 12.7. The molecule has 1 saturated carbocycles. The van der Waals surface area contributed by atoms with Gasteiger partial charge in [-0.15, -0.1) is 0 Å². The smallest absolute Gasteiger partial charge is 0.410 e. The van der Waals surface area contributed by atoms with Gasteiger partial charge in [-0.2, -0.15) is 0 Å². The van der Waals surface area contributed by atoms with Gasteiger partial charge in [0.1, 0.15) is 12.2 Å². The summed E-state index contributed by atoms with van der Waals surface area (Å²) in [7, 11) is 0. The first-order valence-corrected chi connectivity index (χ1v) is 9.77. The Morgan fingerprint density at radius 2 is 1.93 bits per heavy atom. The van der Waals surface area contributed by atoms with Crippen LogP contribution in [0.1, 0.15) is 39.2 Å². The lowest BCUT2D eigenvalue weighted by molar-refractivity contribution is -0.149. The van der Waals surface area contributed by atoms with E-state index in [2.05, 4.69) is 5.32 Å². The van der Waals surface area contributed by atoms with Crippen LogP contribution in [-0.2, 0) is 20.9 Å². The first kappa shape index (κ1) is 21.0. The molecule has 0 bridgehead atoms. The number of benzene rings is 1. The molecule has 3 rings (SSSR count). The van der Waals surface area contributed by atoms with Crippen molar-refractivity contribution in [2.75, 3.05) is 13.1 Å². The Bertz CT molecular complexity index is 775. The summed E-state index contributed by atoms with van der Waals surface area (Å²) in [5.41, 5.74) is -0.830. The van der Waals surface area contributed by atoms with Crippen LogP contribution in [0.3, 0.4) is 0 Å². The number of rotatable bonds is 4. The van der Waals surface area contributed by atoms with Crippen molar-refractivity contribution in [3.05, 3.63) is 35.9 Å². The number of hydrogen-bond donors (Lipinski definition) is 2. The van der Waals surface area contributed by atoms with Gasteiger partial charge in [0.05, 0.1) is 5.41 Å². The van der Waals surface area contributed by atoms with Crippen LogP contribution in [0, 0.1) is 11.3 Å². The Morgan fingerprint density at radius 1 is 1.24 bits per heavy atom. The van der Waals surface area contributed by atoms with Crippen LogP contribution < -0.4 is 5.32 Å². The minimum Gasteiger partial charge on any atom is -0.481 e. The molecule has 0 radical (unpaired) electrons. The molecule has 2 aliphatic rings. The van der Waals surface area contributed by atoms with E-state index in [9.17, 15) is 19.5 Å². The molecule has 0 unspecified atom stereocenters. The van der Waals surface area contributed by atoms with Gasteiger partial charge in [-0.3, -0.25) is 4.79 Å².